The summed E-state index contributed by atoms with van der Waals surface area (Å²) in [4.78, 5) is 18.5. The van der Waals surface area contributed by atoms with Crippen LogP contribution in [-0.2, 0) is 0 Å². The van der Waals surface area contributed by atoms with Gasteiger partial charge in [-0.1, -0.05) is 0 Å². The Hall–Kier alpha value is -3.29. The van der Waals surface area contributed by atoms with E-state index in [0.717, 1.165) is 18.4 Å². The van der Waals surface area contributed by atoms with Gasteiger partial charge >= 0.3 is 0 Å². The zero-order valence-corrected chi connectivity index (χ0v) is 15.8. The predicted molar refractivity (Wildman–Crippen MR) is 107 cm³/mol. The van der Waals surface area contributed by atoms with Crippen molar-refractivity contribution >= 4 is 11.5 Å². The van der Waals surface area contributed by atoms with Crippen molar-refractivity contribution < 1.29 is 19.7 Å². The highest BCUT2D eigenvalue weighted by Crippen LogP contribution is 2.34. The normalized spacial score (nSPS) is 22.3. The van der Waals surface area contributed by atoms with Crippen molar-refractivity contribution in [2.45, 2.75) is 25.9 Å². The molecule has 5 rings (SSSR count). The highest BCUT2D eigenvalue weighted by molar-refractivity contribution is 5.52. The Kier molecular flexibility index (Phi) is 3.46. The van der Waals surface area contributed by atoms with Crippen LogP contribution in [0.5, 0.6) is 17.2 Å². The maximum atomic E-state index is 12.2. The summed E-state index contributed by atoms with van der Waals surface area (Å²) in [5, 5.41) is 4.47. The third-order valence-electron chi connectivity index (χ3n) is 5.07. The number of anilines is 1. The molecule has 4 heterocycles. The minimum atomic E-state index is -2.62. The van der Waals surface area contributed by atoms with E-state index in [1.807, 2.05) is 13.0 Å². The number of nitrogens with zero attached hydrogens (tertiary/aromatic N) is 4. The van der Waals surface area contributed by atoms with Crippen molar-refractivity contribution in [1.29, 1.82) is 0 Å². The number of hydrogen-bond donors (Lipinski definition) is 0. The maximum Gasteiger partial charge on any atom is 0.274 e. The number of rotatable bonds is 3. The number of benzene rings is 1. The fourth-order valence-electron chi connectivity index (χ4n) is 3.58. The molecule has 0 bridgehead atoms. The van der Waals surface area contributed by atoms with Gasteiger partial charge in [0.15, 0.2) is 17.1 Å². The van der Waals surface area contributed by atoms with E-state index in [0.29, 0.717) is 30.3 Å². The van der Waals surface area contributed by atoms with Crippen LogP contribution in [0.3, 0.4) is 0 Å². The van der Waals surface area contributed by atoms with Crippen molar-refractivity contribution in [2.75, 3.05) is 31.1 Å². The van der Waals surface area contributed by atoms with Gasteiger partial charge in [0.1, 0.15) is 30.8 Å². The maximum absolute atomic E-state index is 12.2. The predicted octanol–water partition coefficient (Wildman–Crippen LogP) is 2.22. The van der Waals surface area contributed by atoms with Crippen LogP contribution in [-0.4, -0.2) is 46.9 Å². The molecule has 0 atom stereocenters. The second-order valence-electron chi connectivity index (χ2n) is 7.03. The zero-order valence-electron chi connectivity index (χ0n) is 19.8. The van der Waals surface area contributed by atoms with E-state index < -0.39 is 13.1 Å². The van der Waals surface area contributed by atoms with Gasteiger partial charge in [0.2, 0.25) is 0 Å². The van der Waals surface area contributed by atoms with Gasteiger partial charge in [-0.2, -0.15) is 4.52 Å². The third kappa shape index (κ3) is 3.46. The lowest BCUT2D eigenvalue weighted by Crippen LogP contribution is -2.39. The van der Waals surface area contributed by atoms with Crippen LogP contribution in [0.25, 0.3) is 5.65 Å². The first-order valence-corrected chi connectivity index (χ1v) is 9.42. The highest BCUT2D eigenvalue weighted by Gasteiger charge is 2.23. The topological polar surface area (TPSA) is 78.2 Å². The molecule has 1 fully saturated rings. The summed E-state index contributed by atoms with van der Waals surface area (Å²) in [6.07, 6.45) is 2.85. The number of aromatic nitrogens is 3. The second-order valence-corrected chi connectivity index (χ2v) is 7.03. The minimum absolute atomic E-state index is 0.0713. The molecule has 1 saturated heterocycles. The zero-order chi connectivity index (χ0) is 23.4. The van der Waals surface area contributed by atoms with Crippen LogP contribution in [0.1, 0.15) is 23.9 Å². The molecule has 8 nitrogen and oxygen atoms in total. The van der Waals surface area contributed by atoms with Crippen molar-refractivity contribution in [3.63, 3.8) is 0 Å². The molecule has 8 heteroatoms. The van der Waals surface area contributed by atoms with Gasteiger partial charge < -0.3 is 19.1 Å². The largest absolute Gasteiger partial charge is 0.490 e. The first kappa shape index (κ1) is 13.8. The third-order valence-corrected chi connectivity index (χ3v) is 5.07. The van der Waals surface area contributed by atoms with Crippen molar-refractivity contribution in [3.05, 3.63) is 52.4 Å². The molecule has 0 unspecified atom stereocenters. The Morgan fingerprint density at radius 1 is 1.14 bits per heavy atom. The van der Waals surface area contributed by atoms with E-state index >= 15 is 0 Å². The van der Waals surface area contributed by atoms with Gasteiger partial charge in [0.25, 0.3) is 5.56 Å². The first-order valence-electron chi connectivity index (χ1n) is 11.4. The summed E-state index contributed by atoms with van der Waals surface area (Å²) in [5.74, 6) is 1.43. The Morgan fingerprint density at radius 3 is 2.76 bits per heavy atom. The van der Waals surface area contributed by atoms with Crippen LogP contribution in [0, 0.1) is 6.92 Å². The molecule has 1 aromatic carbocycles. The molecular formula is C21H22N4O4. The summed E-state index contributed by atoms with van der Waals surface area (Å²) in [6, 6.07) is 7.99. The quantitative estimate of drug-likeness (QED) is 0.669. The smallest absolute Gasteiger partial charge is 0.274 e. The number of fused-ring (bicyclic) bond motifs is 2. The fraction of sp³-hybridized carbons (Fsp3) is 0.381. The Balaban J connectivity index is 1.27. The van der Waals surface area contributed by atoms with Gasteiger partial charge in [0.05, 0.1) is 5.48 Å². The van der Waals surface area contributed by atoms with Crippen LogP contribution >= 0.6 is 0 Å². The average molecular weight is 398 g/mol. The molecule has 0 radical (unpaired) electrons. The van der Waals surface area contributed by atoms with E-state index in [1.165, 1.54) is 28.9 Å². The monoisotopic (exact) mass is 398 g/mol. The lowest BCUT2D eigenvalue weighted by atomic mass is 10.1. The van der Waals surface area contributed by atoms with Gasteiger partial charge in [-0.15, -0.1) is 5.10 Å². The van der Waals surface area contributed by atoms with Gasteiger partial charge in [-0.25, -0.2) is 4.98 Å². The Bertz CT molecular complexity index is 1270. The molecule has 0 N–H and O–H groups in total. The molecule has 0 spiro atoms. The number of piperidine rings is 1. The van der Waals surface area contributed by atoms with Crippen molar-refractivity contribution in [2.24, 2.45) is 0 Å². The average Bonchev–Trinajstić information content (AvgIpc) is 2.75. The van der Waals surface area contributed by atoms with E-state index in [2.05, 4.69) is 15.0 Å². The van der Waals surface area contributed by atoms with E-state index in [1.54, 1.807) is 6.07 Å². The number of hydrogen-bond acceptors (Lipinski definition) is 7. The van der Waals surface area contributed by atoms with E-state index in [4.69, 9.17) is 19.7 Å². The molecular weight excluding hydrogens is 372 g/mol. The van der Waals surface area contributed by atoms with E-state index in [-0.39, 0.29) is 23.2 Å². The summed E-state index contributed by atoms with van der Waals surface area (Å²) in [6.45, 7) is -1.94. The van der Waals surface area contributed by atoms with Crippen LogP contribution in [0.15, 0.2) is 41.3 Å². The SMILES string of the molecule is [2H]C1([2H])Oc2ccc(OC3CCN(c4cc(C)c5nccc(=O)n5n4)CC3)cc2OC1([2H])[2H]. The molecule has 150 valence electrons. The molecule has 29 heavy (non-hydrogen) atoms. The van der Waals surface area contributed by atoms with E-state index in [9.17, 15) is 4.79 Å². The van der Waals surface area contributed by atoms with Crippen LogP contribution in [0.4, 0.5) is 5.82 Å². The molecule has 0 amide bonds. The van der Waals surface area contributed by atoms with Gasteiger partial charge in [-0.05, 0) is 30.7 Å². The standard InChI is InChI=1S/C21H22N4O4/c1-14-12-19(23-25-20(26)4-7-22-21(14)25)24-8-5-15(6-9-24)29-16-2-3-17-18(13-16)28-11-10-27-17/h2-4,7,12-13,15H,5-6,8-11H2,1H3/i10D2,11D2. The highest BCUT2D eigenvalue weighted by atomic mass is 16.6. The summed E-state index contributed by atoms with van der Waals surface area (Å²) >= 11 is 0. The summed E-state index contributed by atoms with van der Waals surface area (Å²) < 4.78 is 48.5. The van der Waals surface area contributed by atoms with Crippen LogP contribution in [0.2, 0.25) is 0 Å². The summed E-state index contributed by atoms with van der Waals surface area (Å²) in [5.41, 5.74) is 1.19. The lowest BCUT2D eigenvalue weighted by Gasteiger charge is -2.33. The van der Waals surface area contributed by atoms with Crippen molar-refractivity contribution in [1.82, 2.24) is 14.6 Å². The molecule has 3 aromatic rings. The number of ether oxygens (including phenoxy) is 3. The second kappa shape index (κ2) is 7.27. The molecule has 2 aromatic heterocycles. The Labute approximate surface area is 173 Å². The molecule has 0 aliphatic carbocycles. The fourth-order valence-corrected chi connectivity index (χ4v) is 3.58. The number of aryl methyl sites for hydroxylation is 1. The van der Waals surface area contributed by atoms with Gasteiger partial charge in [0, 0.05) is 44.3 Å². The van der Waals surface area contributed by atoms with Crippen LogP contribution < -0.4 is 24.7 Å². The first-order chi connectivity index (χ1) is 15.6. The van der Waals surface area contributed by atoms with Gasteiger partial charge in [-0.3, -0.25) is 4.79 Å². The lowest BCUT2D eigenvalue weighted by molar-refractivity contribution is 0.159. The summed E-state index contributed by atoms with van der Waals surface area (Å²) in [7, 11) is 0. The molecule has 2 aliphatic heterocycles. The molecule has 0 saturated carbocycles. The molecule has 2 aliphatic rings. The Morgan fingerprint density at radius 2 is 1.93 bits per heavy atom. The van der Waals surface area contributed by atoms with Crippen molar-refractivity contribution in [3.8, 4) is 17.2 Å². The minimum Gasteiger partial charge on any atom is -0.490 e.